The molecule has 0 unspecified atom stereocenters. The topological polar surface area (TPSA) is 55.8 Å². The van der Waals surface area contributed by atoms with Gasteiger partial charge in [0.25, 0.3) is 0 Å². The van der Waals surface area contributed by atoms with Crippen molar-refractivity contribution in [3.8, 4) is 0 Å². The number of piperazine rings is 1. The SMILES string of the molecule is CCc1ccccc1NC(=O)N1CCN(CCO)CC1. The Morgan fingerprint density at radius 1 is 1.25 bits per heavy atom. The number of aliphatic hydroxyl groups excluding tert-OH is 1. The highest BCUT2D eigenvalue weighted by Crippen LogP contribution is 2.16. The maximum atomic E-state index is 12.2. The third kappa shape index (κ3) is 3.71. The number of rotatable bonds is 4. The van der Waals surface area contributed by atoms with Crippen LogP contribution in [0.1, 0.15) is 12.5 Å². The van der Waals surface area contributed by atoms with Crippen LogP contribution in [-0.2, 0) is 6.42 Å². The molecule has 5 nitrogen and oxygen atoms in total. The Labute approximate surface area is 120 Å². The molecule has 0 atom stereocenters. The third-order valence-corrected chi connectivity index (χ3v) is 3.72. The van der Waals surface area contributed by atoms with Gasteiger partial charge in [0.15, 0.2) is 0 Å². The fraction of sp³-hybridized carbons (Fsp3) is 0.533. The molecule has 0 aromatic heterocycles. The van der Waals surface area contributed by atoms with Gasteiger partial charge in [0.05, 0.1) is 6.61 Å². The number of anilines is 1. The molecule has 0 saturated carbocycles. The van der Waals surface area contributed by atoms with Gasteiger partial charge in [-0.25, -0.2) is 4.79 Å². The Morgan fingerprint density at radius 2 is 1.95 bits per heavy atom. The quantitative estimate of drug-likeness (QED) is 0.874. The van der Waals surface area contributed by atoms with Crippen LogP contribution in [0.5, 0.6) is 0 Å². The van der Waals surface area contributed by atoms with Crippen molar-refractivity contribution in [1.82, 2.24) is 9.80 Å². The van der Waals surface area contributed by atoms with Crippen LogP contribution in [0.3, 0.4) is 0 Å². The maximum absolute atomic E-state index is 12.2. The fourth-order valence-corrected chi connectivity index (χ4v) is 2.46. The zero-order valence-electron chi connectivity index (χ0n) is 12.0. The normalized spacial score (nSPS) is 16.2. The summed E-state index contributed by atoms with van der Waals surface area (Å²) >= 11 is 0. The van der Waals surface area contributed by atoms with Gasteiger partial charge in [-0.1, -0.05) is 25.1 Å². The number of amides is 2. The largest absolute Gasteiger partial charge is 0.395 e. The number of aryl methyl sites for hydroxylation is 1. The number of nitrogens with zero attached hydrogens (tertiary/aromatic N) is 2. The lowest BCUT2D eigenvalue weighted by Gasteiger charge is -2.34. The van der Waals surface area contributed by atoms with Gasteiger partial charge in [-0.05, 0) is 18.1 Å². The van der Waals surface area contributed by atoms with Crippen LogP contribution in [0.4, 0.5) is 10.5 Å². The molecule has 110 valence electrons. The Kier molecular flexibility index (Phi) is 5.38. The van der Waals surface area contributed by atoms with E-state index in [4.69, 9.17) is 5.11 Å². The highest BCUT2D eigenvalue weighted by molar-refractivity contribution is 5.90. The molecule has 2 N–H and O–H groups in total. The summed E-state index contributed by atoms with van der Waals surface area (Å²) in [5.41, 5.74) is 2.05. The molecule has 0 bridgehead atoms. The third-order valence-electron chi connectivity index (χ3n) is 3.72. The molecule has 0 aliphatic carbocycles. The van der Waals surface area contributed by atoms with E-state index in [1.165, 1.54) is 0 Å². The molecular weight excluding hydrogens is 254 g/mol. The standard InChI is InChI=1S/C15H23N3O2/c1-2-13-5-3-4-6-14(13)16-15(20)18-9-7-17(8-10-18)11-12-19/h3-6,19H,2,7-12H2,1H3,(H,16,20). The van der Waals surface area contributed by atoms with Crippen LogP contribution in [0.25, 0.3) is 0 Å². The summed E-state index contributed by atoms with van der Waals surface area (Å²) < 4.78 is 0. The van der Waals surface area contributed by atoms with Gasteiger partial charge in [0, 0.05) is 38.4 Å². The zero-order valence-corrected chi connectivity index (χ0v) is 12.0. The Balaban J connectivity index is 1.89. The lowest BCUT2D eigenvalue weighted by atomic mass is 10.1. The number of carbonyl (C=O) groups is 1. The highest BCUT2D eigenvalue weighted by atomic mass is 16.3. The molecule has 5 heteroatoms. The van der Waals surface area contributed by atoms with Crippen LogP contribution in [0.15, 0.2) is 24.3 Å². The van der Waals surface area contributed by atoms with E-state index in [2.05, 4.69) is 17.1 Å². The summed E-state index contributed by atoms with van der Waals surface area (Å²) in [6, 6.07) is 7.87. The van der Waals surface area contributed by atoms with Gasteiger partial charge < -0.3 is 15.3 Å². The summed E-state index contributed by atoms with van der Waals surface area (Å²) in [4.78, 5) is 16.3. The van der Waals surface area contributed by atoms with Crippen LogP contribution in [-0.4, -0.2) is 60.3 Å². The van der Waals surface area contributed by atoms with Crippen molar-refractivity contribution in [3.05, 3.63) is 29.8 Å². The van der Waals surface area contributed by atoms with E-state index in [0.717, 1.165) is 30.8 Å². The van der Waals surface area contributed by atoms with Crippen molar-refractivity contribution in [2.75, 3.05) is 44.6 Å². The number of hydrogen-bond donors (Lipinski definition) is 2. The molecular formula is C15H23N3O2. The summed E-state index contributed by atoms with van der Waals surface area (Å²) in [5, 5.41) is 11.9. The van der Waals surface area contributed by atoms with Gasteiger partial charge in [-0.15, -0.1) is 0 Å². The zero-order chi connectivity index (χ0) is 14.4. The van der Waals surface area contributed by atoms with Crippen molar-refractivity contribution < 1.29 is 9.90 Å². The highest BCUT2D eigenvalue weighted by Gasteiger charge is 2.20. The predicted octanol–water partition coefficient (Wildman–Crippen LogP) is 1.39. The fourth-order valence-electron chi connectivity index (χ4n) is 2.46. The van der Waals surface area contributed by atoms with E-state index in [1.54, 1.807) is 0 Å². The summed E-state index contributed by atoms with van der Waals surface area (Å²) in [6.45, 7) is 6.01. The average molecular weight is 277 g/mol. The second kappa shape index (κ2) is 7.26. The molecule has 20 heavy (non-hydrogen) atoms. The number of carbonyl (C=O) groups excluding carboxylic acids is 1. The monoisotopic (exact) mass is 277 g/mol. The lowest BCUT2D eigenvalue weighted by molar-refractivity contribution is 0.127. The number of nitrogens with one attached hydrogen (secondary N) is 1. The summed E-state index contributed by atoms with van der Waals surface area (Å²) in [7, 11) is 0. The minimum atomic E-state index is -0.0328. The van der Waals surface area contributed by atoms with Gasteiger partial charge in [-0.3, -0.25) is 4.90 Å². The molecule has 2 amide bonds. The number of hydrogen-bond acceptors (Lipinski definition) is 3. The number of β-amino-alcohol motifs (C(OH)–C–C–N with tert-alkyl or cyclic N) is 1. The van der Waals surface area contributed by atoms with Crippen molar-refractivity contribution in [1.29, 1.82) is 0 Å². The van der Waals surface area contributed by atoms with E-state index in [-0.39, 0.29) is 12.6 Å². The van der Waals surface area contributed by atoms with E-state index >= 15 is 0 Å². The molecule has 1 aliphatic heterocycles. The Bertz CT molecular complexity index is 442. The molecule has 1 fully saturated rings. The summed E-state index contributed by atoms with van der Waals surface area (Å²) in [5.74, 6) is 0. The smallest absolute Gasteiger partial charge is 0.321 e. The molecule has 1 aromatic carbocycles. The van der Waals surface area contributed by atoms with Crippen LogP contribution >= 0.6 is 0 Å². The Hall–Kier alpha value is -1.59. The first-order valence-corrected chi connectivity index (χ1v) is 7.21. The molecule has 0 spiro atoms. The first kappa shape index (κ1) is 14.8. The molecule has 1 aliphatic rings. The molecule has 0 radical (unpaired) electrons. The number of para-hydroxylation sites is 1. The Morgan fingerprint density at radius 3 is 2.60 bits per heavy atom. The van der Waals surface area contributed by atoms with E-state index in [0.29, 0.717) is 19.6 Å². The predicted molar refractivity (Wildman–Crippen MR) is 79.9 cm³/mol. The first-order valence-electron chi connectivity index (χ1n) is 7.21. The van der Waals surface area contributed by atoms with Crippen molar-refractivity contribution >= 4 is 11.7 Å². The van der Waals surface area contributed by atoms with Gasteiger partial charge >= 0.3 is 6.03 Å². The van der Waals surface area contributed by atoms with Crippen LogP contribution in [0.2, 0.25) is 0 Å². The second-order valence-corrected chi connectivity index (χ2v) is 4.99. The molecule has 1 heterocycles. The van der Waals surface area contributed by atoms with Gasteiger partial charge in [-0.2, -0.15) is 0 Å². The van der Waals surface area contributed by atoms with E-state index < -0.39 is 0 Å². The van der Waals surface area contributed by atoms with Gasteiger partial charge in [0.2, 0.25) is 0 Å². The van der Waals surface area contributed by atoms with Crippen molar-refractivity contribution in [2.45, 2.75) is 13.3 Å². The van der Waals surface area contributed by atoms with Crippen LogP contribution < -0.4 is 5.32 Å². The molecule has 2 rings (SSSR count). The maximum Gasteiger partial charge on any atom is 0.321 e. The minimum absolute atomic E-state index is 0.0328. The van der Waals surface area contributed by atoms with Crippen LogP contribution in [0, 0.1) is 0 Å². The van der Waals surface area contributed by atoms with Gasteiger partial charge in [0.1, 0.15) is 0 Å². The molecule has 1 saturated heterocycles. The number of urea groups is 1. The van der Waals surface area contributed by atoms with Crippen molar-refractivity contribution in [2.24, 2.45) is 0 Å². The van der Waals surface area contributed by atoms with Crippen molar-refractivity contribution in [3.63, 3.8) is 0 Å². The number of benzene rings is 1. The summed E-state index contributed by atoms with van der Waals surface area (Å²) in [6.07, 6.45) is 0.904. The lowest BCUT2D eigenvalue weighted by Crippen LogP contribution is -2.50. The molecule has 1 aromatic rings. The minimum Gasteiger partial charge on any atom is -0.395 e. The number of aliphatic hydroxyl groups is 1. The van der Waals surface area contributed by atoms with E-state index in [9.17, 15) is 4.79 Å². The van der Waals surface area contributed by atoms with E-state index in [1.807, 2.05) is 29.2 Å². The average Bonchev–Trinajstić information content (AvgIpc) is 2.49. The first-order chi connectivity index (χ1) is 9.74. The second-order valence-electron chi connectivity index (χ2n) is 4.99.